The van der Waals surface area contributed by atoms with Crippen molar-refractivity contribution in [2.75, 3.05) is 13.1 Å². The fourth-order valence-electron chi connectivity index (χ4n) is 2.90. The molecule has 0 aromatic heterocycles. The van der Waals surface area contributed by atoms with Gasteiger partial charge < -0.3 is 5.32 Å². The van der Waals surface area contributed by atoms with E-state index in [-0.39, 0.29) is 5.92 Å². The zero-order chi connectivity index (χ0) is 10.3. The molecule has 1 aliphatic carbocycles. The molecule has 2 heteroatoms. The first-order valence-electron chi connectivity index (χ1n) is 5.69. The zero-order valence-corrected chi connectivity index (χ0v) is 8.70. The highest BCUT2D eigenvalue weighted by molar-refractivity contribution is 6.00. The highest BCUT2D eigenvalue weighted by Gasteiger charge is 2.36. The van der Waals surface area contributed by atoms with E-state index in [9.17, 15) is 4.79 Å². The molecule has 1 aromatic rings. The van der Waals surface area contributed by atoms with E-state index in [4.69, 9.17) is 0 Å². The van der Waals surface area contributed by atoms with Crippen LogP contribution < -0.4 is 5.32 Å². The van der Waals surface area contributed by atoms with Crippen molar-refractivity contribution in [1.29, 1.82) is 0 Å². The Bertz CT molecular complexity index is 399. The normalized spacial score (nSPS) is 29.5. The number of fused-ring (bicyclic) bond motifs is 2. The van der Waals surface area contributed by atoms with Crippen LogP contribution >= 0.6 is 0 Å². The number of hydrogen-bond acceptors (Lipinski definition) is 2. The molecule has 0 bridgehead atoms. The lowest BCUT2D eigenvalue weighted by molar-refractivity contribution is 0.0815. The van der Waals surface area contributed by atoms with Gasteiger partial charge in [0.1, 0.15) is 0 Å². The third-order valence-corrected chi connectivity index (χ3v) is 3.71. The van der Waals surface area contributed by atoms with Gasteiger partial charge >= 0.3 is 0 Å². The summed E-state index contributed by atoms with van der Waals surface area (Å²) < 4.78 is 0. The molecular weight excluding hydrogens is 186 g/mol. The summed E-state index contributed by atoms with van der Waals surface area (Å²) in [4.78, 5) is 12.2. The number of ketones is 1. The van der Waals surface area contributed by atoms with Gasteiger partial charge in [0, 0.05) is 11.5 Å². The summed E-state index contributed by atoms with van der Waals surface area (Å²) in [5.74, 6) is 1.19. The number of nitrogens with one attached hydrogen (secondary N) is 1. The molecule has 2 aliphatic rings. The van der Waals surface area contributed by atoms with E-state index in [0.29, 0.717) is 11.7 Å². The summed E-state index contributed by atoms with van der Waals surface area (Å²) in [6.45, 7) is 2.00. The quantitative estimate of drug-likeness (QED) is 0.691. The standard InChI is InChI=1S/C13H15NO/c15-13-11-4-2-1-3-9(11)7-10-8-14-6-5-12(10)13/h1-4,10,12,14H,5-8H2. The first kappa shape index (κ1) is 9.10. The highest BCUT2D eigenvalue weighted by Crippen LogP contribution is 2.33. The molecule has 2 nitrogen and oxygen atoms in total. The van der Waals surface area contributed by atoms with Gasteiger partial charge in [-0.25, -0.2) is 0 Å². The van der Waals surface area contributed by atoms with E-state index in [2.05, 4.69) is 11.4 Å². The van der Waals surface area contributed by atoms with Crippen LogP contribution in [-0.4, -0.2) is 18.9 Å². The van der Waals surface area contributed by atoms with Crippen LogP contribution in [0.4, 0.5) is 0 Å². The van der Waals surface area contributed by atoms with Crippen molar-refractivity contribution in [3.8, 4) is 0 Å². The van der Waals surface area contributed by atoms with Gasteiger partial charge in [-0.05, 0) is 37.4 Å². The van der Waals surface area contributed by atoms with E-state index in [1.807, 2.05) is 18.2 Å². The fraction of sp³-hybridized carbons (Fsp3) is 0.462. The summed E-state index contributed by atoms with van der Waals surface area (Å²) in [5.41, 5.74) is 2.22. The minimum absolute atomic E-state index is 0.279. The van der Waals surface area contributed by atoms with Crippen LogP contribution in [0.5, 0.6) is 0 Å². The molecule has 2 atom stereocenters. The molecule has 2 unspecified atom stereocenters. The van der Waals surface area contributed by atoms with Gasteiger partial charge in [0.05, 0.1) is 0 Å². The van der Waals surface area contributed by atoms with Crippen LogP contribution in [-0.2, 0) is 6.42 Å². The topological polar surface area (TPSA) is 29.1 Å². The van der Waals surface area contributed by atoms with E-state index >= 15 is 0 Å². The van der Waals surface area contributed by atoms with E-state index in [1.165, 1.54) is 5.56 Å². The monoisotopic (exact) mass is 201 g/mol. The van der Waals surface area contributed by atoms with Crippen molar-refractivity contribution >= 4 is 5.78 Å². The molecule has 0 radical (unpaired) electrons. The molecule has 3 rings (SSSR count). The van der Waals surface area contributed by atoms with Crippen molar-refractivity contribution in [1.82, 2.24) is 5.32 Å². The number of Topliss-reactive ketones (excluding diaryl/α,β-unsaturated/α-hetero) is 1. The lowest BCUT2D eigenvalue weighted by Gasteiger charge is -2.35. The van der Waals surface area contributed by atoms with Crippen LogP contribution in [0, 0.1) is 11.8 Å². The summed E-state index contributed by atoms with van der Waals surface area (Å²) in [6.07, 6.45) is 2.08. The summed E-state index contributed by atoms with van der Waals surface area (Å²) in [7, 11) is 0. The Balaban J connectivity index is 2.02. The fourth-order valence-corrected chi connectivity index (χ4v) is 2.90. The van der Waals surface area contributed by atoms with Crippen LogP contribution in [0.1, 0.15) is 22.3 Å². The number of rotatable bonds is 0. The molecule has 1 heterocycles. The van der Waals surface area contributed by atoms with Crippen LogP contribution in [0.25, 0.3) is 0 Å². The average molecular weight is 201 g/mol. The summed E-state index contributed by atoms with van der Waals surface area (Å²) in [5, 5.41) is 3.38. The van der Waals surface area contributed by atoms with Crippen molar-refractivity contribution in [3.63, 3.8) is 0 Å². The Kier molecular flexibility index (Phi) is 2.10. The Morgan fingerprint density at radius 2 is 2.13 bits per heavy atom. The Morgan fingerprint density at radius 3 is 3.07 bits per heavy atom. The molecule has 1 aliphatic heterocycles. The van der Waals surface area contributed by atoms with Crippen LogP contribution in [0.2, 0.25) is 0 Å². The van der Waals surface area contributed by atoms with Gasteiger partial charge in [-0.15, -0.1) is 0 Å². The molecule has 78 valence electrons. The molecule has 0 amide bonds. The predicted octanol–water partition coefficient (Wildman–Crippen LogP) is 1.65. The van der Waals surface area contributed by atoms with Gasteiger partial charge in [-0.1, -0.05) is 24.3 Å². The lowest BCUT2D eigenvalue weighted by atomic mass is 9.72. The second-order valence-electron chi connectivity index (χ2n) is 4.58. The molecule has 15 heavy (non-hydrogen) atoms. The van der Waals surface area contributed by atoms with Crippen molar-refractivity contribution in [3.05, 3.63) is 35.4 Å². The minimum Gasteiger partial charge on any atom is -0.316 e. The van der Waals surface area contributed by atoms with Crippen LogP contribution in [0.3, 0.4) is 0 Å². The average Bonchev–Trinajstić information content (AvgIpc) is 2.30. The molecule has 1 N–H and O–H groups in total. The van der Waals surface area contributed by atoms with Gasteiger partial charge in [-0.2, -0.15) is 0 Å². The molecule has 1 fully saturated rings. The Morgan fingerprint density at radius 1 is 1.27 bits per heavy atom. The highest BCUT2D eigenvalue weighted by atomic mass is 16.1. The number of carbonyl (C=O) groups excluding carboxylic acids is 1. The van der Waals surface area contributed by atoms with E-state index in [0.717, 1.165) is 31.5 Å². The number of benzene rings is 1. The maximum Gasteiger partial charge on any atom is 0.166 e. The third kappa shape index (κ3) is 1.40. The number of piperidine rings is 1. The Labute approximate surface area is 89.7 Å². The van der Waals surface area contributed by atoms with E-state index in [1.54, 1.807) is 0 Å². The minimum atomic E-state index is 0.279. The second-order valence-corrected chi connectivity index (χ2v) is 4.58. The molecular formula is C13H15NO. The largest absolute Gasteiger partial charge is 0.316 e. The maximum absolute atomic E-state index is 12.2. The molecule has 1 saturated heterocycles. The number of hydrogen-bond donors (Lipinski definition) is 1. The summed E-state index contributed by atoms with van der Waals surface area (Å²) in [6, 6.07) is 8.08. The summed E-state index contributed by atoms with van der Waals surface area (Å²) >= 11 is 0. The van der Waals surface area contributed by atoms with Gasteiger partial charge in [0.2, 0.25) is 0 Å². The van der Waals surface area contributed by atoms with Gasteiger partial charge in [-0.3, -0.25) is 4.79 Å². The Hall–Kier alpha value is -1.15. The number of carbonyl (C=O) groups is 1. The zero-order valence-electron chi connectivity index (χ0n) is 8.70. The first-order valence-corrected chi connectivity index (χ1v) is 5.69. The molecule has 0 spiro atoms. The van der Waals surface area contributed by atoms with Gasteiger partial charge in [0.25, 0.3) is 0 Å². The molecule has 0 saturated carbocycles. The predicted molar refractivity (Wildman–Crippen MR) is 58.9 cm³/mol. The first-order chi connectivity index (χ1) is 7.36. The smallest absolute Gasteiger partial charge is 0.166 e. The van der Waals surface area contributed by atoms with Crippen LogP contribution in [0.15, 0.2) is 24.3 Å². The maximum atomic E-state index is 12.2. The van der Waals surface area contributed by atoms with Crippen molar-refractivity contribution < 1.29 is 4.79 Å². The SMILES string of the molecule is O=C1c2ccccc2CC2CNCCC12. The third-order valence-electron chi connectivity index (χ3n) is 3.71. The van der Waals surface area contributed by atoms with Crippen molar-refractivity contribution in [2.24, 2.45) is 11.8 Å². The van der Waals surface area contributed by atoms with E-state index < -0.39 is 0 Å². The lowest BCUT2D eigenvalue weighted by Crippen LogP contribution is -2.43. The van der Waals surface area contributed by atoms with Gasteiger partial charge in [0.15, 0.2) is 5.78 Å². The molecule has 1 aromatic carbocycles. The second kappa shape index (κ2) is 3.46. The van der Waals surface area contributed by atoms with Crippen molar-refractivity contribution in [2.45, 2.75) is 12.8 Å².